The molecular weight excluding hydrogens is 473 g/mol. The van der Waals surface area contributed by atoms with Crippen molar-refractivity contribution < 1.29 is 18.3 Å². The number of rotatable bonds is 5. The van der Waals surface area contributed by atoms with E-state index in [4.69, 9.17) is 9.47 Å². The van der Waals surface area contributed by atoms with Crippen LogP contribution < -0.4 is 19.3 Å². The molecule has 0 radical (unpaired) electrons. The van der Waals surface area contributed by atoms with Crippen LogP contribution in [0.1, 0.15) is 16.8 Å². The SMILES string of the molecule is COc1cc(OC)c(F)c(N2Cc3cnc4[nH]c(Cc5cnn(C)c5)cc4c3N(C)C2=PC)c1F. The normalized spacial score (nSPS) is 14.7. The van der Waals surface area contributed by atoms with E-state index in [0.717, 1.165) is 41.7 Å². The van der Waals surface area contributed by atoms with Gasteiger partial charge in [-0.15, -0.1) is 0 Å². The van der Waals surface area contributed by atoms with E-state index in [2.05, 4.69) is 21.1 Å². The molecule has 0 bridgehead atoms. The van der Waals surface area contributed by atoms with Crippen LogP contribution in [0, 0.1) is 11.6 Å². The van der Waals surface area contributed by atoms with Gasteiger partial charge >= 0.3 is 0 Å². The van der Waals surface area contributed by atoms with Gasteiger partial charge in [-0.05, 0) is 18.3 Å². The highest BCUT2D eigenvalue weighted by Gasteiger charge is 2.34. The highest BCUT2D eigenvalue weighted by molar-refractivity contribution is 7.40. The fraction of sp³-hybridized carbons (Fsp3) is 0.292. The van der Waals surface area contributed by atoms with E-state index in [0.29, 0.717) is 12.0 Å². The van der Waals surface area contributed by atoms with Gasteiger partial charge < -0.3 is 24.3 Å². The first-order chi connectivity index (χ1) is 16.9. The molecule has 0 unspecified atom stereocenters. The van der Waals surface area contributed by atoms with Gasteiger partial charge in [0, 0.05) is 55.6 Å². The van der Waals surface area contributed by atoms with Crippen LogP contribution in [0.2, 0.25) is 0 Å². The van der Waals surface area contributed by atoms with Crippen LogP contribution in [0.3, 0.4) is 0 Å². The predicted molar refractivity (Wildman–Crippen MR) is 134 cm³/mol. The molecule has 0 atom stereocenters. The number of benzene rings is 1. The lowest BCUT2D eigenvalue weighted by molar-refractivity contribution is 0.359. The Kier molecular flexibility index (Phi) is 5.84. The molecule has 0 fully saturated rings. The maximum absolute atomic E-state index is 15.4. The number of aromatic amines is 1. The average Bonchev–Trinajstić information content (AvgIpc) is 3.44. The summed E-state index contributed by atoms with van der Waals surface area (Å²) in [5.41, 5.74) is 5.16. The molecule has 1 aromatic carbocycles. The van der Waals surface area contributed by atoms with Gasteiger partial charge in [-0.3, -0.25) is 4.68 Å². The second-order valence-electron chi connectivity index (χ2n) is 8.31. The van der Waals surface area contributed by atoms with Crippen LogP contribution in [0.5, 0.6) is 11.5 Å². The van der Waals surface area contributed by atoms with E-state index in [9.17, 15) is 0 Å². The van der Waals surface area contributed by atoms with Crippen molar-refractivity contribution in [2.45, 2.75) is 13.0 Å². The molecule has 4 heterocycles. The van der Waals surface area contributed by atoms with Gasteiger partial charge in [0.15, 0.2) is 23.1 Å². The second-order valence-corrected chi connectivity index (χ2v) is 9.16. The third kappa shape index (κ3) is 3.78. The molecule has 0 spiro atoms. The number of anilines is 2. The highest BCUT2D eigenvalue weighted by Crippen LogP contribution is 2.42. The van der Waals surface area contributed by atoms with Gasteiger partial charge in [-0.1, -0.05) is 8.20 Å². The average molecular weight is 498 g/mol. The van der Waals surface area contributed by atoms with Crippen molar-refractivity contribution in [1.29, 1.82) is 0 Å². The molecule has 1 N–H and O–H groups in total. The molecule has 182 valence electrons. The molecule has 0 amide bonds. The van der Waals surface area contributed by atoms with Crippen LogP contribution in [0.25, 0.3) is 11.0 Å². The summed E-state index contributed by atoms with van der Waals surface area (Å²) >= 11 is 0. The Morgan fingerprint density at radius 2 is 1.77 bits per heavy atom. The Morgan fingerprint density at radius 3 is 2.37 bits per heavy atom. The number of pyridine rings is 1. The lowest BCUT2D eigenvalue weighted by atomic mass is 10.1. The first-order valence-electron chi connectivity index (χ1n) is 10.9. The van der Waals surface area contributed by atoms with Crippen LogP contribution >= 0.6 is 8.20 Å². The van der Waals surface area contributed by atoms with Crippen LogP contribution in [-0.2, 0) is 20.0 Å². The van der Waals surface area contributed by atoms with Crippen molar-refractivity contribution in [3.63, 3.8) is 0 Å². The predicted octanol–water partition coefficient (Wildman–Crippen LogP) is 4.30. The summed E-state index contributed by atoms with van der Waals surface area (Å²) in [5.74, 6) is -1.73. The zero-order valence-corrected chi connectivity index (χ0v) is 21.0. The van der Waals surface area contributed by atoms with Crippen molar-refractivity contribution >= 4 is 36.2 Å². The summed E-state index contributed by atoms with van der Waals surface area (Å²) in [6.45, 7) is 2.17. The monoisotopic (exact) mass is 498 g/mol. The van der Waals surface area contributed by atoms with Crippen molar-refractivity contribution in [2.75, 3.05) is 37.7 Å². The summed E-state index contributed by atoms with van der Waals surface area (Å²) in [7, 11) is 7.30. The number of hydrogen-bond donors (Lipinski definition) is 1. The smallest absolute Gasteiger partial charge is 0.192 e. The highest BCUT2D eigenvalue weighted by atomic mass is 31.1. The summed E-state index contributed by atoms with van der Waals surface area (Å²) in [5, 5.41) is 5.19. The standard InChI is InChI=1S/C24H25F2N6O2P/c1-30-11-13(9-28-30)6-15-7-16-21-14(10-27-23(16)29-15)12-32(24(35-5)31(21)2)22-19(25)17(33-3)8-18(34-4)20(22)26/h7-11H,6,12H2,1-5H3,(H,27,29). The number of H-pyrrole nitrogens is 1. The van der Waals surface area contributed by atoms with Gasteiger partial charge in [-0.25, -0.2) is 13.8 Å². The maximum Gasteiger partial charge on any atom is 0.192 e. The van der Waals surface area contributed by atoms with Gasteiger partial charge in [0.1, 0.15) is 16.9 Å². The first kappa shape index (κ1) is 23.1. The third-order valence-corrected chi connectivity index (χ3v) is 7.08. The number of halogens is 2. The first-order valence-corrected chi connectivity index (χ1v) is 12.2. The summed E-state index contributed by atoms with van der Waals surface area (Å²) in [6, 6.07) is 3.30. The van der Waals surface area contributed by atoms with Crippen LogP contribution in [0.15, 0.2) is 30.7 Å². The number of hydrogen-bond acceptors (Lipinski definition) is 4. The molecule has 11 heteroatoms. The molecule has 1 aliphatic heterocycles. The van der Waals surface area contributed by atoms with E-state index >= 15 is 8.78 Å². The van der Waals surface area contributed by atoms with Gasteiger partial charge in [0.25, 0.3) is 0 Å². The summed E-state index contributed by atoms with van der Waals surface area (Å²) < 4.78 is 42.9. The fourth-order valence-electron chi connectivity index (χ4n) is 4.63. The van der Waals surface area contributed by atoms with Crippen molar-refractivity contribution in [3.8, 4) is 11.5 Å². The molecule has 4 aromatic rings. The quantitative estimate of drug-likeness (QED) is 0.414. The molecular formula is C24H25F2N6O2P. The Balaban J connectivity index is 1.61. The number of nitrogens with one attached hydrogen (secondary N) is 1. The Morgan fingerprint density at radius 1 is 1.06 bits per heavy atom. The van der Waals surface area contributed by atoms with E-state index in [1.807, 2.05) is 38.1 Å². The minimum atomic E-state index is -0.779. The summed E-state index contributed by atoms with van der Waals surface area (Å²) in [4.78, 5) is 11.6. The zero-order valence-electron chi connectivity index (χ0n) is 20.1. The number of aryl methyl sites for hydroxylation is 1. The summed E-state index contributed by atoms with van der Waals surface area (Å²) in [6.07, 6.45) is 6.26. The van der Waals surface area contributed by atoms with Crippen molar-refractivity contribution in [2.24, 2.45) is 7.05 Å². The van der Waals surface area contributed by atoms with Gasteiger partial charge in [0.2, 0.25) is 0 Å². The molecule has 5 rings (SSSR count). The van der Waals surface area contributed by atoms with Crippen LogP contribution in [-0.4, -0.2) is 53.2 Å². The lowest BCUT2D eigenvalue weighted by Crippen LogP contribution is -2.46. The van der Waals surface area contributed by atoms with Crippen molar-refractivity contribution in [1.82, 2.24) is 19.7 Å². The molecule has 35 heavy (non-hydrogen) atoms. The number of ether oxygens (including phenoxy) is 2. The van der Waals surface area contributed by atoms with Gasteiger partial charge in [0.05, 0.1) is 32.6 Å². The van der Waals surface area contributed by atoms with Crippen molar-refractivity contribution in [3.05, 3.63) is 59.2 Å². The largest absolute Gasteiger partial charge is 0.493 e. The number of methoxy groups -OCH3 is 2. The van der Waals surface area contributed by atoms with E-state index in [-0.39, 0.29) is 23.7 Å². The third-order valence-electron chi connectivity index (χ3n) is 6.14. The maximum atomic E-state index is 15.4. The molecule has 0 saturated heterocycles. The fourth-order valence-corrected chi connectivity index (χ4v) is 5.44. The number of aromatic nitrogens is 4. The Bertz CT molecular complexity index is 1440. The second kappa shape index (κ2) is 8.85. The van der Waals surface area contributed by atoms with E-state index < -0.39 is 11.6 Å². The topological polar surface area (TPSA) is 71.4 Å². The molecule has 0 aliphatic carbocycles. The van der Waals surface area contributed by atoms with Gasteiger partial charge in [-0.2, -0.15) is 5.10 Å². The minimum absolute atomic E-state index is 0.0851. The van der Waals surface area contributed by atoms with E-state index in [1.165, 1.54) is 20.3 Å². The zero-order chi connectivity index (χ0) is 24.9. The van der Waals surface area contributed by atoms with E-state index in [1.54, 1.807) is 15.8 Å². The molecule has 8 nitrogen and oxygen atoms in total. The minimum Gasteiger partial charge on any atom is -0.493 e. The molecule has 3 aromatic heterocycles. The Hall–Kier alpha value is -3.65. The molecule has 1 aliphatic rings. The Labute approximate surface area is 202 Å². The van der Waals surface area contributed by atoms with Crippen LogP contribution in [0.4, 0.5) is 20.2 Å². The number of nitrogens with zero attached hydrogens (tertiary/aromatic N) is 5. The molecule has 0 saturated carbocycles. The lowest BCUT2D eigenvalue weighted by Gasteiger charge is -2.39. The number of fused-ring (bicyclic) bond motifs is 3.